The molecule has 0 saturated carbocycles. The maximum absolute atomic E-state index is 13.4. The van der Waals surface area contributed by atoms with E-state index in [9.17, 15) is 26.0 Å². The van der Waals surface area contributed by atoms with E-state index < -0.39 is 32.8 Å². The molecule has 132 valence electrons. The Hall–Kier alpha value is -2.47. The molecule has 0 aliphatic heterocycles. The summed E-state index contributed by atoms with van der Waals surface area (Å²) in [5, 5.41) is 5.41. The average Bonchev–Trinajstić information content (AvgIpc) is 3.16. The van der Waals surface area contributed by atoms with Gasteiger partial charge in [0.25, 0.3) is 10.0 Å². The number of benzene rings is 1. The zero-order valence-corrected chi connectivity index (χ0v) is 13.5. The van der Waals surface area contributed by atoms with E-state index in [0.717, 1.165) is 22.1 Å². The Morgan fingerprint density at radius 1 is 1.12 bits per heavy atom. The van der Waals surface area contributed by atoms with Crippen LogP contribution < -0.4 is 4.72 Å². The van der Waals surface area contributed by atoms with Gasteiger partial charge in [0.1, 0.15) is 4.90 Å². The van der Waals surface area contributed by atoms with E-state index in [4.69, 9.17) is 0 Å². The van der Waals surface area contributed by atoms with E-state index in [0.29, 0.717) is 0 Å². The van der Waals surface area contributed by atoms with Crippen molar-refractivity contribution >= 4 is 27.0 Å². The first kappa shape index (κ1) is 17.4. The van der Waals surface area contributed by atoms with Gasteiger partial charge in [-0.3, -0.25) is 4.72 Å². The van der Waals surface area contributed by atoms with Crippen LogP contribution in [0.25, 0.3) is 11.4 Å². The van der Waals surface area contributed by atoms with E-state index in [1.807, 2.05) is 0 Å². The van der Waals surface area contributed by atoms with Crippen molar-refractivity contribution in [1.29, 1.82) is 0 Å². The second kappa shape index (κ2) is 6.11. The highest BCUT2D eigenvalue weighted by atomic mass is 32.2. The van der Waals surface area contributed by atoms with Gasteiger partial charge in [0.05, 0.1) is 0 Å². The molecule has 0 unspecified atom stereocenters. The van der Waals surface area contributed by atoms with Crippen LogP contribution in [0.3, 0.4) is 0 Å². The summed E-state index contributed by atoms with van der Waals surface area (Å²) in [5.74, 6) is -2.66. The fourth-order valence-electron chi connectivity index (χ4n) is 1.81. The van der Waals surface area contributed by atoms with E-state index >= 15 is 0 Å². The predicted octanol–water partition coefficient (Wildman–Crippen LogP) is 3.76. The summed E-state index contributed by atoms with van der Waals surface area (Å²) in [7, 11) is -4.11. The summed E-state index contributed by atoms with van der Waals surface area (Å²) in [4.78, 5) is 2.73. The number of halogens is 4. The molecule has 3 rings (SSSR count). The second-order valence-electron chi connectivity index (χ2n) is 4.69. The van der Waals surface area contributed by atoms with Gasteiger partial charge in [-0.2, -0.15) is 18.2 Å². The molecule has 3 aromatic rings. The molecule has 12 heteroatoms. The summed E-state index contributed by atoms with van der Waals surface area (Å²) < 4.78 is 81.1. The number of nitrogens with zero attached hydrogens (tertiary/aromatic N) is 2. The lowest BCUT2D eigenvalue weighted by atomic mass is 10.2. The Bertz CT molecular complexity index is 994. The van der Waals surface area contributed by atoms with Crippen LogP contribution in [0.5, 0.6) is 0 Å². The zero-order valence-electron chi connectivity index (χ0n) is 11.9. The monoisotopic (exact) mass is 393 g/mol. The summed E-state index contributed by atoms with van der Waals surface area (Å²) in [6.07, 6.45) is -4.76. The summed E-state index contributed by atoms with van der Waals surface area (Å²) >= 11 is 0.895. The Balaban J connectivity index is 1.81. The summed E-state index contributed by atoms with van der Waals surface area (Å²) in [6, 6.07) is 5.15. The molecular formula is C13H7F4N3O3S2. The predicted molar refractivity (Wildman–Crippen MR) is 79.8 cm³/mol. The average molecular weight is 393 g/mol. The first-order valence-corrected chi connectivity index (χ1v) is 8.85. The highest BCUT2D eigenvalue weighted by Crippen LogP contribution is 2.30. The molecule has 1 aromatic carbocycles. The van der Waals surface area contributed by atoms with Crippen LogP contribution >= 0.6 is 11.3 Å². The first-order valence-electron chi connectivity index (χ1n) is 6.43. The van der Waals surface area contributed by atoms with E-state index in [-0.39, 0.29) is 17.1 Å². The molecule has 0 amide bonds. The largest absolute Gasteiger partial charge is 0.471 e. The van der Waals surface area contributed by atoms with Crippen molar-refractivity contribution in [3.8, 4) is 11.4 Å². The normalized spacial score (nSPS) is 12.3. The lowest BCUT2D eigenvalue weighted by molar-refractivity contribution is -0.159. The fourth-order valence-corrected chi connectivity index (χ4v) is 3.99. The number of sulfonamides is 1. The van der Waals surface area contributed by atoms with Crippen LogP contribution in [-0.2, 0) is 16.2 Å². The highest BCUT2D eigenvalue weighted by molar-refractivity contribution is 7.92. The molecule has 6 nitrogen and oxygen atoms in total. The molecule has 0 aliphatic carbocycles. The molecule has 0 bridgehead atoms. The smallest absolute Gasteiger partial charge is 0.329 e. The van der Waals surface area contributed by atoms with Crippen molar-refractivity contribution in [2.75, 3.05) is 4.72 Å². The SMILES string of the molecule is O=S(=O)(Nc1ccc(-c2noc(C(F)(F)F)n2)cc1)c1cscc1F. The van der Waals surface area contributed by atoms with Crippen LogP contribution in [0.4, 0.5) is 23.2 Å². The van der Waals surface area contributed by atoms with E-state index in [2.05, 4.69) is 19.4 Å². The Morgan fingerprint density at radius 3 is 2.32 bits per heavy atom. The minimum Gasteiger partial charge on any atom is -0.329 e. The van der Waals surface area contributed by atoms with Gasteiger partial charge in [0.2, 0.25) is 5.82 Å². The number of rotatable bonds is 4. The minimum absolute atomic E-state index is 0.0916. The Labute approximate surface area is 142 Å². The van der Waals surface area contributed by atoms with Crippen molar-refractivity contribution in [2.45, 2.75) is 11.1 Å². The molecular weight excluding hydrogens is 386 g/mol. The molecule has 2 heterocycles. The van der Waals surface area contributed by atoms with Gasteiger partial charge in [-0.1, -0.05) is 5.16 Å². The van der Waals surface area contributed by atoms with Gasteiger partial charge in [0, 0.05) is 22.0 Å². The maximum Gasteiger partial charge on any atom is 0.471 e. The first-order chi connectivity index (χ1) is 11.7. The highest BCUT2D eigenvalue weighted by Gasteiger charge is 2.38. The van der Waals surface area contributed by atoms with Crippen molar-refractivity contribution in [3.63, 3.8) is 0 Å². The Morgan fingerprint density at radius 2 is 1.80 bits per heavy atom. The molecule has 0 spiro atoms. The van der Waals surface area contributed by atoms with E-state index in [1.54, 1.807) is 0 Å². The molecule has 0 fully saturated rings. The van der Waals surface area contributed by atoms with Crippen LogP contribution in [0.1, 0.15) is 5.89 Å². The second-order valence-corrected chi connectivity index (χ2v) is 7.08. The van der Waals surface area contributed by atoms with Crippen molar-refractivity contribution < 1.29 is 30.5 Å². The third-order valence-corrected chi connectivity index (χ3v) is 5.20. The standard InChI is InChI=1S/C13H7F4N3O3S2/c14-9-5-24-6-10(9)25(21,22)20-8-3-1-7(2-4-8)11-18-12(23-19-11)13(15,16)17/h1-6,20H. The summed E-state index contributed by atoms with van der Waals surface area (Å²) in [6.45, 7) is 0. The zero-order chi connectivity index (χ0) is 18.2. The Kier molecular flexibility index (Phi) is 4.24. The molecule has 25 heavy (non-hydrogen) atoms. The lowest BCUT2D eigenvalue weighted by Gasteiger charge is -2.07. The molecule has 0 radical (unpaired) electrons. The number of alkyl halides is 3. The van der Waals surface area contributed by atoms with Gasteiger partial charge in [-0.25, -0.2) is 12.8 Å². The van der Waals surface area contributed by atoms with Crippen molar-refractivity contribution in [1.82, 2.24) is 10.1 Å². The number of thiophene rings is 1. The van der Waals surface area contributed by atoms with Crippen molar-refractivity contribution in [3.05, 3.63) is 46.7 Å². The molecule has 0 aliphatic rings. The van der Waals surface area contributed by atoms with Crippen LogP contribution in [-0.4, -0.2) is 18.6 Å². The lowest BCUT2D eigenvalue weighted by Crippen LogP contribution is -2.13. The quantitative estimate of drug-likeness (QED) is 0.683. The number of hydrogen-bond donors (Lipinski definition) is 1. The van der Waals surface area contributed by atoms with Crippen LogP contribution in [0.2, 0.25) is 0 Å². The number of anilines is 1. The molecule has 2 aromatic heterocycles. The third-order valence-electron chi connectivity index (χ3n) is 2.94. The summed E-state index contributed by atoms with van der Waals surface area (Å²) in [5.41, 5.74) is 0.276. The van der Waals surface area contributed by atoms with Crippen LogP contribution in [0.15, 0.2) is 44.4 Å². The fraction of sp³-hybridized carbons (Fsp3) is 0.0769. The van der Waals surface area contributed by atoms with Crippen LogP contribution in [0, 0.1) is 5.82 Å². The minimum atomic E-state index is -4.76. The number of hydrogen-bond acceptors (Lipinski definition) is 6. The van der Waals surface area contributed by atoms with E-state index in [1.165, 1.54) is 24.3 Å². The van der Waals surface area contributed by atoms with Gasteiger partial charge < -0.3 is 4.52 Å². The molecule has 0 atom stereocenters. The van der Waals surface area contributed by atoms with Gasteiger partial charge in [0.15, 0.2) is 5.82 Å². The third kappa shape index (κ3) is 3.64. The van der Waals surface area contributed by atoms with Crippen molar-refractivity contribution in [2.24, 2.45) is 0 Å². The topological polar surface area (TPSA) is 85.1 Å². The maximum atomic E-state index is 13.4. The van der Waals surface area contributed by atoms with Gasteiger partial charge >= 0.3 is 12.1 Å². The number of aromatic nitrogens is 2. The molecule has 0 saturated heterocycles. The molecule has 1 N–H and O–H groups in total. The van der Waals surface area contributed by atoms with Gasteiger partial charge in [-0.05, 0) is 24.3 Å². The van der Waals surface area contributed by atoms with Gasteiger partial charge in [-0.15, -0.1) is 11.3 Å². The number of nitrogens with one attached hydrogen (secondary N) is 1.